The number of carbonyl (C=O) groups is 1. The number of rotatable bonds is 6. The molecule has 2 aromatic heterocycles. The van der Waals surface area contributed by atoms with Crippen LogP contribution < -0.4 is 15.6 Å². The van der Waals surface area contributed by atoms with Gasteiger partial charge in [0.15, 0.2) is 5.65 Å². The number of carbonyl (C=O) groups excluding carboxylic acids is 1. The second-order valence-corrected chi connectivity index (χ2v) is 7.84. The lowest BCUT2D eigenvalue weighted by molar-refractivity contribution is -0.116. The maximum atomic E-state index is 12.9. The molecule has 0 fully saturated rings. The molecule has 0 saturated carbocycles. The molecule has 154 valence electrons. The first-order valence-electron chi connectivity index (χ1n) is 9.69. The lowest BCUT2D eigenvalue weighted by Crippen LogP contribution is -2.28. The average molecular weight is 397 g/mol. The summed E-state index contributed by atoms with van der Waals surface area (Å²) in [5, 5.41) is 7.62. The molecule has 3 aromatic rings. The number of hydrogen-bond acceptors (Lipinski definition) is 5. The highest BCUT2D eigenvalue weighted by Gasteiger charge is 2.21. The Labute approximate surface area is 169 Å². The minimum atomic E-state index is -0.280. The molecule has 0 aliphatic carbocycles. The predicted octanol–water partition coefficient (Wildman–Crippen LogP) is 3.08. The molecule has 0 bridgehead atoms. The van der Waals surface area contributed by atoms with Gasteiger partial charge in [-0.05, 0) is 58.9 Å². The van der Waals surface area contributed by atoms with Gasteiger partial charge in [-0.2, -0.15) is 5.10 Å². The Balaban J connectivity index is 1.73. The second-order valence-electron chi connectivity index (χ2n) is 7.84. The van der Waals surface area contributed by atoms with Crippen molar-refractivity contribution in [3.8, 4) is 5.75 Å². The Hall–Kier alpha value is -3.16. The van der Waals surface area contributed by atoms with Gasteiger partial charge in [-0.15, -0.1) is 0 Å². The molecule has 1 N–H and O–H groups in total. The predicted molar refractivity (Wildman–Crippen MR) is 112 cm³/mol. The Morgan fingerprint density at radius 3 is 2.52 bits per heavy atom. The summed E-state index contributed by atoms with van der Waals surface area (Å²) in [7, 11) is 0. The largest absolute Gasteiger partial charge is 0.494 e. The van der Waals surface area contributed by atoms with E-state index in [0.29, 0.717) is 29.2 Å². The fourth-order valence-corrected chi connectivity index (χ4v) is 3.10. The summed E-state index contributed by atoms with van der Waals surface area (Å²) in [4.78, 5) is 29.8. The Kier molecular flexibility index (Phi) is 5.72. The van der Waals surface area contributed by atoms with Crippen molar-refractivity contribution in [1.82, 2.24) is 19.3 Å². The Morgan fingerprint density at radius 2 is 1.90 bits per heavy atom. The van der Waals surface area contributed by atoms with Gasteiger partial charge in [0.2, 0.25) is 5.91 Å². The zero-order valence-corrected chi connectivity index (χ0v) is 17.5. The molecule has 8 heteroatoms. The van der Waals surface area contributed by atoms with E-state index < -0.39 is 0 Å². The molecule has 29 heavy (non-hydrogen) atoms. The van der Waals surface area contributed by atoms with Crippen molar-refractivity contribution in [2.75, 3.05) is 11.9 Å². The van der Waals surface area contributed by atoms with Crippen LogP contribution in [0.5, 0.6) is 5.75 Å². The average Bonchev–Trinajstić information content (AvgIpc) is 3.07. The quantitative estimate of drug-likeness (QED) is 0.690. The van der Waals surface area contributed by atoms with Gasteiger partial charge in [0.1, 0.15) is 17.0 Å². The van der Waals surface area contributed by atoms with Crippen molar-refractivity contribution < 1.29 is 9.53 Å². The number of amides is 1. The number of anilines is 1. The first kappa shape index (κ1) is 20.6. The summed E-state index contributed by atoms with van der Waals surface area (Å²) >= 11 is 0. The van der Waals surface area contributed by atoms with Crippen LogP contribution in [0.2, 0.25) is 0 Å². The highest BCUT2D eigenvalue weighted by molar-refractivity contribution is 5.90. The smallest absolute Gasteiger partial charge is 0.264 e. The van der Waals surface area contributed by atoms with E-state index in [1.54, 1.807) is 42.1 Å². The zero-order valence-electron chi connectivity index (χ0n) is 17.5. The van der Waals surface area contributed by atoms with Crippen molar-refractivity contribution in [2.24, 2.45) is 0 Å². The van der Waals surface area contributed by atoms with Crippen LogP contribution in [0.3, 0.4) is 0 Å². The van der Waals surface area contributed by atoms with Crippen LogP contribution in [0.4, 0.5) is 5.69 Å². The van der Waals surface area contributed by atoms with E-state index in [2.05, 4.69) is 15.4 Å². The van der Waals surface area contributed by atoms with Gasteiger partial charge in [0.25, 0.3) is 5.56 Å². The van der Waals surface area contributed by atoms with Crippen LogP contribution in [-0.4, -0.2) is 31.8 Å². The van der Waals surface area contributed by atoms with E-state index in [1.165, 1.54) is 4.57 Å². The first-order valence-corrected chi connectivity index (χ1v) is 9.69. The van der Waals surface area contributed by atoms with E-state index in [9.17, 15) is 9.59 Å². The summed E-state index contributed by atoms with van der Waals surface area (Å²) in [6, 6.07) is 7.18. The summed E-state index contributed by atoms with van der Waals surface area (Å²) in [5.41, 5.74) is 0.784. The number of nitrogens with one attached hydrogen (secondary N) is 1. The monoisotopic (exact) mass is 397 g/mol. The topological polar surface area (TPSA) is 91.0 Å². The van der Waals surface area contributed by atoms with Gasteiger partial charge in [-0.3, -0.25) is 14.2 Å². The standard InChI is InChI=1S/C21H27N5O3/c1-6-29-16-9-7-15(8-10-16)24-18(27)11-12-25-14(2)23-19-17(20(25)28)13-22-26(19)21(3,4)5/h7-10,13H,6,11-12H2,1-5H3,(H,24,27). The molecule has 0 atom stereocenters. The number of ether oxygens (including phenoxy) is 1. The van der Waals surface area contributed by atoms with Crippen LogP contribution in [0.1, 0.15) is 39.9 Å². The van der Waals surface area contributed by atoms with Crippen molar-refractivity contribution in [3.05, 3.63) is 46.6 Å². The van der Waals surface area contributed by atoms with Crippen molar-refractivity contribution >= 4 is 22.6 Å². The molecular weight excluding hydrogens is 370 g/mol. The summed E-state index contributed by atoms with van der Waals surface area (Å²) in [5.74, 6) is 1.14. The third-order valence-corrected chi connectivity index (χ3v) is 4.52. The van der Waals surface area contributed by atoms with Gasteiger partial charge in [-0.25, -0.2) is 9.67 Å². The summed E-state index contributed by atoms with van der Waals surface area (Å²) in [6.07, 6.45) is 1.71. The van der Waals surface area contributed by atoms with Gasteiger partial charge in [0.05, 0.1) is 18.3 Å². The minimum absolute atomic E-state index is 0.161. The zero-order chi connectivity index (χ0) is 21.2. The SMILES string of the molecule is CCOc1ccc(NC(=O)CCn2c(C)nc3c(cnn3C(C)(C)C)c2=O)cc1. The van der Waals surface area contributed by atoms with Crippen molar-refractivity contribution in [2.45, 2.75) is 53.1 Å². The van der Waals surface area contributed by atoms with Gasteiger partial charge in [0, 0.05) is 18.7 Å². The van der Waals surface area contributed by atoms with Crippen LogP contribution >= 0.6 is 0 Å². The molecular formula is C21H27N5O3. The summed E-state index contributed by atoms with van der Waals surface area (Å²) < 4.78 is 8.66. The highest BCUT2D eigenvalue weighted by Crippen LogP contribution is 2.19. The minimum Gasteiger partial charge on any atom is -0.494 e. The van der Waals surface area contributed by atoms with Crippen LogP contribution in [0.15, 0.2) is 35.3 Å². The van der Waals surface area contributed by atoms with Crippen LogP contribution in [0, 0.1) is 6.92 Å². The van der Waals surface area contributed by atoms with E-state index in [-0.39, 0.29) is 30.0 Å². The van der Waals surface area contributed by atoms with E-state index >= 15 is 0 Å². The molecule has 0 aliphatic rings. The molecule has 3 rings (SSSR count). The molecule has 1 aromatic carbocycles. The molecule has 1 amide bonds. The van der Waals surface area contributed by atoms with Crippen LogP contribution in [0.25, 0.3) is 11.0 Å². The van der Waals surface area contributed by atoms with Gasteiger partial charge in [-0.1, -0.05) is 0 Å². The molecule has 0 aliphatic heterocycles. The number of benzene rings is 1. The third-order valence-electron chi connectivity index (χ3n) is 4.52. The van der Waals surface area contributed by atoms with E-state index in [0.717, 1.165) is 5.75 Å². The molecule has 0 radical (unpaired) electrons. The first-order chi connectivity index (χ1) is 13.7. The normalized spacial score (nSPS) is 11.6. The number of aryl methyl sites for hydroxylation is 1. The van der Waals surface area contributed by atoms with E-state index in [1.807, 2.05) is 27.7 Å². The van der Waals surface area contributed by atoms with Crippen molar-refractivity contribution in [3.63, 3.8) is 0 Å². The fourth-order valence-electron chi connectivity index (χ4n) is 3.10. The summed E-state index contributed by atoms with van der Waals surface area (Å²) in [6.45, 7) is 10.5. The molecule has 0 unspecified atom stereocenters. The lowest BCUT2D eigenvalue weighted by Gasteiger charge is -2.20. The number of nitrogens with zero attached hydrogens (tertiary/aromatic N) is 4. The second kappa shape index (κ2) is 8.06. The van der Waals surface area contributed by atoms with Crippen LogP contribution in [-0.2, 0) is 16.9 Å². The van der Waals surface area contributed by atoms with Crippen molar-refractivity contribution in [1.29, 1.82) is 0 Å². The maximum absolute atomic E-state index is 12.9. The van der Waals surface area contributed by atoms with E-state index in [4.69, 9.17) is 4.74 Å². The molecule has 0 spiro atoms. The molecule has 2 heterocycles. The van der Waals surface area contributed by atoms with Gasteiger partial charge >= 0.3 is 0 Å². The number of aromatic nitrogens is 4. The highest BCUT2D eigenvalue weighted by atomic mass is 16.5. The number of hydrogen-bond donors (Lipinski definition) is 1. The van der Waals surface area contributed by atoms with Gasteiger partial charge < -0.3 is 10.1 Å². The maximum Gasteiger partial charge on any atom is 0.264 e. The Bertz CT molecular complexity index is 1070. The number of fused-ring (bicyclic) bond motifs is 1. The molecule has 8 nitrogen and oxygen atoms in total. The third kappa shape index (κ3) is 4.47. The Morgan fingerprint density at radius 1 is 1.21 bits per heavy atom. The fraction of sp³-hybridized carbons (Fsp3) is 0.429. The lowest BCUT2D eigenvalue weighted by atomic mass is 10.1. The molecule has 0 saturated heterocycles.